The van der Waals surface area contributed by atoms with Crippen molar-refractivity contribution in [2.45, 2.75) is 101 Å². The maximum Gasteiger partial charge on any atom is 0.0682 e. The van der Waals surface area contributed by atoms with Gasteiger partial charge in [0, 0.05) is 28.9 Å². The summed E-state index contributed by atoms with van der Waals surface area (Å²) in [5.74, 6) is 2.28. The number of benzene rings is 4. The molecule has 10 rings (SSSR count). The van der Waals surface area contributed by atoms with Crippen molar-refractivity contribution in [1.29, 1.82) is 0 Å². The molecule has 2 unspecified atom stereocenters. The molecule has 4 aromatic carbocycles. The number of allylic oxidation sites excluding steroid dienone is 8. The predicted octanol–water partition coefficient (Wildman–Crippen LogP) is 13.6. The second-order valence-corrected chi connectivity index (χ2v) is 16.5. The van der Waals surface area contributed by atoms with Crippen molar-refractivity contribution in [1.82, 2.24) is 0 Å². The van der Waals surface area contributed by atoms with Crippen molar-refractivity contribution >= 4 is 11.4 Å². The Labute approximate surface area is 305 Å². The van der Waals surface area contributed by atoms with E-state index in [1.165, 1.54) is 120 Å². The molecule has 4 aromatic rings. The zero-order chi connectivity index (χ0) is 33.9. The fourth-order valence-corrected chi connectivity index (χ4v) is 11.3. The fourth-order valence-electron chi connectivity index (χ4n) is 11.3. The van der Waals surface area contributed by atoms with Gasteiger partial charge in [-0.2, -0.15) is 0 Å². The molecule has 1 spiro atoms. The summed E-state index contributed by atoms with van der Waals surface area (Å²) in [4.78, 5) is 2.64. The fraction of sp³-hybridized carbons (Fsp3) is 0.360. The quantitative estimate of drug-likeness (QED) is 0.205. The lowest BCUT2D eigenvalue weighted by Gasteiger charge is -2.38. The summed E-state index contributed by atoms with van der Waals surface area (Å²) in [6, 6.07) is 38.2. The van der Waals surface area contributed by atoms with Gasteiger partial charge in [-0.15, -0.1) is 0 Å². The molecule has 0 radical (unpaired) electrons. The van der Waals surface area contributed by atoms with Crippen LogP contribution in [-0.2, 0) is 5.41 Å². The van der Waals surface area contributed by atoms with Gasteiger partial charge in [-0.3, -0.25) is 0 Å². The lowest BCUT2D eigenvalue weighted by Crippen LogP contribution is -2.30. The van der Waals surface area contributed by atoms with Gasteiger partial charge in [-0.25, -0.2) is 0 Å². The van der Waals surface area contributed by atoms with E-state index in [1.807, 2.05) is 0 Å². The molecule has 1 heteroatoms. The molecule has 2 atom stereocenters. The third-order valence-corrected chi connectivity index (χ3v) is 13.8. The zero-order valence-electron chi connectivity index (χ0n) is 30.3. The van der Waals surface area contributed by atoms with Crippen LogP contribution in [0.2, 0.25) is 0 Å². The SMILES string of the molecule is CC1CC2=C(C=C1N(c1ccc(C3CCCCC3)cc1)c1ccc(C3CCCCC3)cc1)C1(C3=CC=CCC32)c2ccccc2-c2ccccc21. The van der Waals surface area contributed by atoms with E-state index in [2.05, 4.69) is 133 Å². The molecule has 256 valence electrons. The maximum atomic E-state index is 2.67. The number of hydrogen-bond donors (Lipinski definition) is 0. The summed E-state index contributed by atoms with van der Waals surface area (Å²) in [6.07, 6.45) is 25.7. The highest BCUT2D eigenvalue weighted by molar-refractivity contribution is 5.89. The number of anilines is 2. The van der Waals surface area contributed by atoms with Crippen LogP contribution in [0.4, 0.5) is 11.4 Å². The van der Waals surface area contributed by atoms with Crippen LogP contribution in [0.5, 0.6) is 0 Å². The Kier molecular flexibility index (Phi) is 7.81. The summed E-state index contributed by atoms with van der Waals surface area (Å²) in [5.41, 5.74) is 17.3. The number of hydrogen-bond acceptors (Lipinski definition) is 1. The van der Waals surface area contributed by atoms with Gasteiger partial charge in [0.1, 0.15) is 0 Å². The molecule has 2 fully saturated rings. The maximum absolute atomic E-state index is 2.67. The molecular weight excluding hydrogens is 615 g/mol. The van der Waals surface area contributed by atoms with Crippen LogP contribution >= 0.6 is 0 Å². The molecular formula is C50H51N. The van der Waals surface area contributed by atoms with Crippen LogP contribution in [0.25, 0.3) is 11.1 Å². The van der Waals surface area contributed by atoms with E-state index in [9.17, 15) is 0 Å². The summed E-state index contributed by atoms with van der Waals surface area (Å²) in [6.45, 7) is 2.49. The normalized spacial score (nSPS) is 23.7. The molecule has 0 amide bonds. The van der Waals surface area contributed by atoms with E-state index in [4.69, 9.17) is 0 Å². The molecule has 6 aliphatic rings. The van der Waals surface area contributed by atoms with Crippen LogP contribution in [-0.4, -0.2) is 0 Å². The molecule has 6 aliphatic carbocycles. The summed E-state index contributed by atoms with van der Waals surface area (Å²) in [5, 5.41) is 0. The van der Waals surface area contributed by atoms with Gasteiger partial charge in [0.05, 0.1) is 5.41 Å². The Hall–Kier alpha value is -4.36. The van der Waals surface area contributed by atoms with E-state index < -0.39 is 0 Å². The van der Waals surface area contributed by atoms with E-state index >= 15 is 0 Å². The molecule has 0 aliphatic heterocycles. The second-order valence-electron chi connectivity index (χ2n) is 16.5. The monoisotopic (exact) mass is 665 g/mol. The van der Waals surface area contributed by atoms with Gasteiger partial charge in [-0.05, 0) is 125 Å². The third-order valence-electron chi connectivity index (χ3n) is 13.8. The van der Waals surface area contributed by atoms with Gasteiger partial charge in [0.15, 0.2) is 0 Å². The number of fused-ring (bicyclic) bond motifs is 9. The van der Waals surface area contributed by atoms with Gasteiger partial charge < -0.3 is 4.90 Å². The average Bonchev–Trinajstić information content (AvgIpc) is 3.66. The molecule has 0 bridgehead atoms. The van der Waals surface area contributed by atoms with Crippen LogP contribution < -0.4 is 4.90 Å². The standard InChI is InChI=1S/C50H51N/c1-34-32-44-43-20-10-13-23-47(43)50(45-21-11-8-18-41(45)42-19-9-12-22-46(42)50)48(44)33-49(34)51(39-28-24-37(25-29-39)35-14-4-2-5-15-35)40-30-26-38(27-31-40)36-16-6-3-7-17-36/h8-13,18-19,21-31,33-36,43H,2-7,14-17,20,32H2,1H3. The van der Waals surface area contributed by atoms with Gasteiger partial charge in [0.2, 0.25) is 0 Å². The van der Waals surface area contributed by atoms with Crippen molar-refractivity contribution in [3.63, 3.8) is 0 Å². The second kappa shape index (κ2) is 12.7. The molecule has 51 heavy (non-hydrogen) atoms. The van der Waals surface area contributed by atoms with E-state index in [-0.39, 0.29) is 5.41 Å². The Morgan fingerprint density at radius 3 is 1.69 bits per heavy atom. The highest BCUT2D eigenvalue weighted by atomic mass is 15.2. The first kappa shape index (κ1) is 31.4. The average molecular weight is 666 g/mol. The largest absolute Gasteiger partial charge is 0.314 e. The summed E-state index contributed by atoms with van der Waals surface area (Å²) < 4.78 is 0. The van der Waals surface area contributed by atoms with Crippen molar-refractivity contribution in [2.75, 3.05) is 4.90 Å². The first-order valence-electron chi connectivity index (χ1n) is 20.2. The van der Waals surface area contributed by atoms with Crippen LogP contribution in [0.3, 0.4) is 0 Å². The number of nitrogens with zero attached hydrogens (tertiary/aromatic N) is 1. The molecule has 0 heterocycles. The smallest absolute Gasteiger partial charge is 0.0682 e. The van der Waals surface area contributed by atoms with Gasteiger partial charge in [0.25, 0.3) is 0 Å². The van der Waals surface area contributed by atoms with Crippen molar-refractivity contribution in [3.8, 4) is 11.1 Å². The van der Waals surface area contributed by atoms with E-state index in [0.29, 0.717) is 23.7 Å². The van der Waals surface area contributed by atoms with Crippen LogP contribution in [0, 0.1) is 11.8 Å². The molecule has 0 saturated heterocycles. The Morgan fingerprint density at radius 1 is 0.608 bits per heavy atom. The highest BCUT2D eigenvalue weighted by Gasteiger charge is 2.56. The number of rotatable bonds is 5. The predicted molar refractivity (Wildman–Crippen MR) is 214 cm³/mol. The minimum Gasteiger partial charge on any atom is -0.314 e. The van der Waals surface area contributed by atoms with Crippen molar-refractivity contribution in [3.05, 3.63) is 166 Å². The third kappa shape index (κ3) is 4.94. The van der Waals surface area contributed by atoms with Crippen LogP contribution in [0.1, 0.15) is 118 Å². The topological polar surface area (TPSA) is 3.24 Å². The first-order valence-corrected chi connectivity index (χ1v) is 20.2. The van der Waals surface area contributed by atoms with Gasteiger partial charge in [-0.1, -0.05) is 142 Å². The first-order chi connectivity index (χ1) is 25.2. The Bertz CT molecular complexity index is 1970. The Balaban J connectivity index is 1.14. The molecule has 0 N–H and O–H groups in total. The minimum absolute atomic E-state index is 0.245. The van der Waals surface area contributed by atoms with Crippen molar-refractivity contribution < 1.29 is 0 Å². The van der Waals surface area contributed by atoms with Gasteiger partial charge >= 0.3 is 0 Å². The lowest BCUT2D eigenvalue weighted by molar-refractivity contribution is 0.443. The zero-order valence-corrected chi connectivity index (χ0v) is 30.3. The highest BCUT2D eigenvalue weighted by Crippen LogP contribution is 2.66. The summed E-state index contributed by atoms with van der Waals surface area (Å²) in [7, 11) is 0. The van der Waals surface area contributed by atoms with E-state index in [1.54, 1.807) is 11.1 Å². The lowest BCUT2D eigenvalue weighted by atomic mass is 9.67. The van der Waals surface area contributed by atoms with Crippen molar-refractivity contribution in [2.24, 2.45) is 11.8 Å². The minimum atomic E-state index is -0.245. The molecule has 1 nitrogen and oxygen atoms in total. The summed E-state index contributed by atoms with van der Waals surface area (Å²) >= 11 is 0. The van der Waals surface area contributed by atoms with Crippen LogP contribution in [0.15, 0.2) is 144 Å². The molecule has 2 saturated carbocycles. The molecule has 0 aromatic heterocycles. The van der Waals surface area contributed by atoms with E-state index in [0.717, 1.165) is 12.8 Å². The Morgan fingerprint density at radius 2 is 1.14 bits per heavy atom.